The molecule has 3 rings (SSSR count). The quantitative estimate of drug-likeness (QED) is 0.489. The second-order valence-corrected chi connectivity index (χ2v) is 9.99. The molecule has 0 heterocycles. The number of nitrogens with one attached hydrogen (secondary N) is 2. The van der Waals surface area contributed by atoms with E-state index in [0.717, 1.165) is 16.0 Å². The number of halogens is 1. The van der Waals surface area contributed by atoms with Crippen molar-refractivity contribution >= 4 is 45.0 Å². The number of rotatable bonds is 8. The average Bonchev–Trinajstić information content (AvgIpc) is 2.69. The number of hydrogen-bond donors (Lipinski definition) is 2. The molecule has 0 spiro atoms. The zero-order chi connectivity index (χ0) is 21.6. The van der Waals surface area contributed by atoms with E-state index < -0.39 is 16.1 Å². The standard InChI is InChI=1S/C22H21ClN2O3S2/c1-30(27,28)25-20(16-11-13-17(23)14-12-16)15-22(26)24-19-9-5-6-10-21(19)29-18-7-3-2-4-8-18/h2-14,20,25H,15H2,1H3,(H,24,26). The fourth-order valence-electron chi connectivity index (χ4n) is 2.84. The van der Waals surface area contributed by atoms with E-state index in [4.69, 9.17) is 11.6 Å². The third kappa shape index (κ3) is 6.88. The number of amides is 1. The summed E-state index contributed by atoms with van der Waals surface area (Å²) >= 11 is 7.47. The molecular formula is C22H21ClN2O3S2. The van der Waals surface area contributed by atoms with E-state index in [-0.39, 0.29) is 12.3 Å². The first-order chi connectivity index (χ1) is 14.3. The van der Waals surface area contributed by atoms with E-state index in [1.165, 1.54) is 0 Å². The van der Waals surface area contributed by atoms with Crippen LogP contribution in [0.5, 0.6) is 0 Å². The van der Waals surface area contributed by atoms with Crippen molar-refractivity contribution in [3.63, 3.8) is 0 Å². The Balaban J connectivity index is 1.76. The fraction of sp³-hybridized carbons (Fsp3) is 0.136. The molecule has 2 N–H and O–H groups in total. The van der Waals surface area contributed by atoms with Gasteiger partial charge in [-0.1, -0.05) is 65.8 Å². The largest absolute Gasteiger partial charge is 0.325 e. The van der Waals surface area contributed by atoms with E-state index in [0.29, 0.717) is 16.3 Å². The Bertz CT molecular complexity index is 1100. The summed E-state index contributed by atoms with van der Waals surface area (Å²) in [5.74, 6) is -0.299. The number of benzene rings is 3. The Morgan fingerprint density at radius 1 is 0.967 bits per heavy atom. The van der Waals surface area contributed by atoms with Crippen molar-refractivity contribution in [1.82, 2.24) is 4.72 Å². The number of para-hydroxylation sites is 1. The van der Waals surface area contributed by atoms with Gasteiger partial charge >= 0.3 is 0 Å². The predicted molar refractivity (Wildman–Crippen MR) is 122 cm³/mol. The molecule has 0 saturated carbocycles. The summed E-state index contributed by atoms with van der Waals surface area (Å²) in [4.78, 5) is 14.7. The first-order valence-corrected chi connectivity index (χ1v) is 12.2. The summed E-state index contributed by atoms with van der Waals surface area (Å²) in [6.45, 7) is 0. The third-order valence-electron chi connectivity index (χ3n) is 4.15. The highest BCUT2D eigenvalue weighted by molar-refractivity contribution is 7.99. The summed E-state index contributed by atoms with van der Waals surface area (Å²) in [5.41, 5.74) is 1.33. The van der Waals surface area contributed by atoms with Crippen LogP contribution >= 0.6 is 23.4 Å². The molecule has 8 heteroatoms. The maximum Gasteiger partial charge on any atom is 0.226 e. The van der Waals surface area contributed by atoms with E-state index >= 15 is 0 Å². The molecule has 5 nitrogen and oxygen atoms in total. The number of sulfonamides is 1. The zero-order valence-electron chi connectivity index (χ0n) is 16.2. The molecule has 1 amide bonds. The highest BCUT2D eigenvalue weighted by Gasteiger charge is 2.20. The maximum absolute atomic E-state index is 12.8. The van der Waals surface area contributed by atoms with E-state index in [9.17, 15) is 13.2 Å². The molecule has 0 saturated heterocycles. The minimum absolute atomic E-state index is 0.0565. The van der Waals surface area contributed by atoms with Crippen molar-refractivity contribution in [2.24, 2.45) is 0 Å². The van der Waals surface area contributed by atoms with E-state index in [1.54, 1.807) is 36.0 Å². The minimum Gasteiger partial charge on any atom is -0.325 e. The summed E-state index contributed by atoms with van der Waals surface area (Å²) < 4.78 is 26.1. The molecule has 1 atom stereocenters. The van der Waals surface area contributed by atoms with Crippen molar-refractivity contribution in [3.05, 3.63) is 89.4 Å². The second kappa shape index (κ2) is 10.1. The number of anilines is 1. The molecule has 0 fully saturated rings. The molecule has 0 radical (unpaired) electrons. The van der Waals surface area contributed by atoms with Crippen LogP contribution in [0.1, 0.15) is 18.0 Å². The zero-order valence-corrected chi connectivity index (χ0v) is 18.6. The molecule has 0 bridgehead atoms. The van der Waals surface area contributed by atoms with Crippen molar-refractivity contribution in [2.75, 3.05) is 11.6 Å². The molecule has 30 heavy (non-hydrogen) atoms. The molecule has 3 aromatic rings. The van der Waals surface area contributed by atoms with Crippen LogP contribution in [-0.4, -0.2) is 20.6 Å². The van der Waals surface area contributed by atoms with Gasteiger partial charge in [-0.05, 0) is 42.0 Å². The molecule has 0 aromatic heterocycles. The molecule has 0 aliphatic carbocycles. The normalized spacial score (nSPS) is 12.3. The van der Waals surface area contributed by atoms with E-state index in [1.807, 2.05) is 54.6 Å². The molecule has 3 aromatic carbocycles. The van der Waals surface area contributed by atoms with Gasteiger partial charge in [0.2, 0.25) is 15.9 Å². The Morgan fingerprint density at radius 2 is 1.60 bits per heavy atom. The third-order valence-corrected chi connectivity index (χ3v) is 6.20. The van der Waals surface area contributed by atoms with Crippen molar-refractivity contribution in [3.8, 4) is 0 Å². The summed E-state index contributed by atoms with van der Waals surface area (Å²) in [6, 6.07) is 23.4. The van der Waals surface area contributed by atoms with Crippen LogP contribution in [0.2, 0.25) is 5.02 Å². The van der Waals surface area contributed by atoms with Crippen LogP contribution in [0.3, 0.4) is 0 Å². The van der Waals surface area contributed by atoms with Crippen LogP contribution < -0.4 is 10.0 Å². The first kappa shape index (κ1) is 22.4. The number of carbonyl (C=O) groups is 1. The van der Waals surface area contributed by atoms with Crippen LogP contribution in [0, 0.1) is 0 Å². The fourth-order valence-corrected chi connectivity index (χ4v) is 4.63. The molecule has 0 aliphatic heterocycles. The van der Waals surface area contributed by atoms with Crippen molar-refractivity contribution in [1.29, 1.82) is 0 Å². The van der Waals surface area contributed by atoms with Gasteiger partial charge in [-0.3, -0.25) is 4.79 Å². The number of carbonyl (C=O) groups excluding carboxylic acids is 1. The van der Waals surface area contributed by atoms with Gasteiger partial charge in [0, 0.05) is 21.2 Å². The van der Waals surface area contributed by atoms with Crippen LogP contribution in [-0.2, 0) is 14.8 Å². The second-order valence-electron chi connectivity index (χ2n) is 6.66. The minimum atomic E-state index is -3.52. The Hall–Kier alpha value is -2.32. The van der Waals surface area contributed by atoms with Gasteiger partial charge in [0.05, 0.1) is 18.0 Å². The lowest BCUT2D eigenvalue weighted by Gasteiger charge is -2.18. The molecule has 1 unspecified atom stereocenters. The van der Waals surface area contributed by atoms with Crippen molar-refractivity contribution < 1.29 is 13.2 Å². The van der Waals surface area contributed by atoms with Crippen LogP contribution in [0.25, 0.3) is 0 Å². The van der Waals surface area contributed by atoms with Gasteiger partial charge < -0.3 is 5.32 Å². The van der Waals surface area contributed by atoms with Gasteiger partial charge in [0.1, 0.15) is 0 Å². The number of hydrogen-bond acceptors (Lipinski definition) is 4. The van der Waals surface area contributed by atoms with Gasteiger partial charge in [-0.2, -0.15) is 0 Å². The lowest BCUT2D eigenvalue weighted by atomic mass is 10.0. The van der Waals surface area contributed by atoms with E-state index in [2.05, 4.69) is 10.0 Å². The predicted octanol–water partition coefficient (Wildman–Crippen LogP) is 5.11. The van der Waals surface area contributed by atoms with Gasteiger partial charge in [0.25, 0.3) is 0 Å². The monoisotopic (exact) mass is 460 g/mol. The van der Waals surface area contributed by atoms with Gasteiger partial charge in [-0.25, -0.2) is 13.1 Å². The summed E-state index contributed by atoms with van der Waals surface area (Å²) in [7, 11) is -3.52. The highest BCUT2D eigenvalue weighted by Crippen LogP contribution is 2.33. The maximum atomic E-state index is 12.8. The SMILES string of the molecule is CS(=O)(=O)NC(CC(=O)Nc1ccccc1Sc1ccccc1)c1ccc(Cl)cc1. The lowest BCUT2D eigenvalue weighted by Crippen LogP contribution is -2.30. The Morgan fingerprint density at radius 3 is 2.27 bits per heavy atom. The van der Waals surface area contributed by atoms with Crippen LogP contribution in [0.15, 0.2) is 88.7 Å². The highest BCUT2D eigenvalue weighted by atomic mass is 35.5. The topological polar surface area (TPSA) is 75.3 Å². The van der Waals surface area contributed by atoms with Crippen LogP contribution in [0.4, 0.5) is 5.69 Å². The molecular weight excluding hydrogens is 440 g/mol. The Labute approximate surface area is 185 Å². The van der Waals surface area contributed by atoms with Crippen molar-refractivity contribution in [2.45, 2.75) is 22.3 Å². The summed E-state index contributed by atoms with van der Waals surface area (Å²) in [5, 5.41) is 3.44. The summed E-state index contributed by atoms with van der Waals surface area (Å²) in [6.07, 6.45) is 1.01. The molecule has 0 aliphatic rings. The van der Waals surface area contributed by atoms with Gasteiger partial charge in [0.15, 0.2) is 0 Å². The smallest absolute Gasteiger partial charge is 0.226 e. The van der Waals surface area contributed by atoms with Gasteiger partial charge in [-0.15, -0.1) is 0 Å². The lowest BCUT2D eigenvalue weighted by molar-refractivity contribution is -0.116. The average molecular weight is 461 g/mol. The Kier molecular flexibility index (Phi) is 7.55. The first-order valence-electron chi connectivity index (χ1n) is 9.15. The molecule has 156 valence electrons.